The molecule has 5 rings (SSSR count). The maximum atomic E-state index is 13.6. The Morgan fingerprint density at radius 3 is 2.73 bits per heavy atom. The number of anilines is 1. The molecule has 0 N–H and O–H groups in total. The van der Waals surface area contributed by atoms with Crippen LogP contribution in [-0.4, -0.2) is 72.3 Å². The van der Waals surface area contributed by atoms with Crippen LogP contribution in [0.3, 0.4) is 0 Å². The van der Waals surface area contributed by atoms with Crippen LogP contribution in [0.15, 0.2) is 36.8 Å². The summed E-state index contributed by atoms with van der Waals surface area (Å²) in [7, 11) is -1.15. The summed E-state index contributed by atoms with van der Waals surface area (Å²) in [4.78, 5) is 27.1. The molecule has 0 bridgehead atoms. The summed E-state index contributed by atoms with van der Waals surface area (Å²) in [6.07, 6.45) is 4.34. The lowest BCUT2D eigenvalue weighted by Crippen LogP contribution is -2.57. The van der Waals surface area contributed by atoms with Gasteiger partial charge in [-0.1, -0.05) is 50.3 Å². The number of halogens is 1. The molecule has 1 fully saturated rings. The van der Waals surface area contributed by atoms with E-state index in [0.717, 1.165) is 47.2 Å². The largest absolute Gasteiger partial charge is 0.489 e. The van der Waals surface area contributed by atoms with Crippen molar-refractivity contribution in [3.8, 4) is 5.75 Å². The molecule has 2 aliphatic heterocycles. The molecular weight excluding hydrogens is 506 g/mol. The molecule has 1 saturated heterocycles. The summed E-state index contributed by atoms with van der Waals surface area (Å²) >= 11 is 6.07. The maximum Gasteiger partial charge on any atom is 0.230 e. The first kappa shape index (κ1) is 26.0. The molecule has 0 spiro atoms. The Morgan fingerprint density at radius 2 is 2.00 bits per heavy atom. The van der Waals surface area contributed by atoms with Gasteiger partial charge in [-0.05, 0) is 30.2 Å². The molecule has 8 nitrogen and oxygen atoms in total. The average Bonchev–Trinajstić information content (AvgIpc) is 3.15. The Kier molecular flexibility index (Phi) is 7.47. The topological polar surface area (TPSA) is 72.7 Å². The minimum Gasteiger partial charge on any atom is -0.489 e. The number of hydrogen-bond donors (Lipinski definition) is 0. The SMILES string of the molecule is CC[C@H](C(=O)N1CCN2c3ncnc4c3c(cn4COCC[Si](C)(C)C)OC[C@@H]2C1)c1ccc(Cl)cc1. The van der Waals surface area contributed by atoms with Crippen LogP contribution in [-0.2, 0) is 16.3 Å². The van der Waals surface area contributed by atoms with Crippen LogP contribution >= 0.6 is 11.6 Å². The predicted molar refractivity (Wildman–Crippen MR) is 149 cm³/mol. The Labute approximate surface area is 224 Å². The van der Waals surface area contributed by atoms with Gasteiger partial charge in [0.2, 0.25) is 5.91 Å². The third-order valence-corrected chi connectivity index (χ3v) is 9.26. The van der Waals surface area contributed by atoms with E-state index in [9.17, 15) is 4.79 Å². The molecule has 0 aliphatic carbocycles. The average molecular weight is 542 g/mol. The van der Waals surface area contributed by atoms with E-state index >= 15 is 0 Å². The number of carbonyl (C=O) groups is 1. The van der Waals surface area contributed by atoms with Gasteiger partial charge in [-0.2, -0.15) is 0 Å². The van der Waals surface area contributed by atoms with Crippen molar-refractivity contribution < 1.29 is 14.3 Å². The summed E-state index contributed by atoms with van der Waals surface area (Å²) < 4.78 is 14.3. The fourth-order valence-corrected chi connectivity index (χ4v) is 6.05. The number of amides is 1. The molecule has 1 aromatic carbocycles. The molecule has 2 aliphatic rings. The Morgan fingerprint density at radius 1 is 1.22 bits per heavy atom. The van der Waals surface area contributed by atoms with Crippen LogP contribution in [0, 0.1) is 0 Å². The van der Waals surface area contributed by atoms with Gasteiger partial charge in [0, 0.05) is 39.3 Å². The second-order valence-electron chi connectivity index (χ2n) is 11.2. The monoisotopic (exact) mass is 541 g/mol. The Balaban J connectivity index is 1.32. The molecule has 0 radical (unpaired) electrons. The zero-order chi connectivity index (χ0) is 26.2. The summed E-state index contributed by atoms with van der Waals surface area (Å²) in [5, 5.41) is 1.60. The number of aromatic nitrogens is 3. The van der Waals surface area contributed by atoms with Gasteiger partial charge >= 0.3 is 0 Å². The number of piperazine rings is 1. The third kappa shape index (κ3) is 5.49. The van der Waals surface area contributed by atoms with Crippen molar-refractivity contribution in [1.82, 2.24) is 19.4 Å². The lowest BCUT2D eigenvalue weighted by Gasteiger charge is -2.42. The van der Waals surface area contributed by atoms with Crippen LogP contribution in [0.4, 0.5) is 5.82 Å². The van der Waals surface area contributed by atoms with Gasteiger partial charge in [0.05, 0.1) is 18.2 Å². The van der Waals surface area contributed by atoms with E-state index < -0.39 is 8.07 Å². The van der Waals surface area contributed by atoms with Crippen molar-refractivity contribution in [3.63, 3.8) is 0 Å². The van der Waals surface area contributed by atoms with Crippen LogP contribution in [0.2, 0.25) is 30.7 Å². The molecule has 2 atom stereocenters. The van der Waals surface area contributed by atoms with Crippen molar-refractivity contribution >= 4 is 42.4 Å². The zero-order valence-corrected chi connectivity index (χ0v) is 23.9. The second-order valence-corrected chi connectivity index (χ2v) is 17.2. The fourth-order valence-electron chi connectivity index (χ4n) is 5.17. The summed E-state index contributed by atoms with van der Waals surface area (Å²) in [6.45, 7) is 12.7. The van der Waals surface area contributed by atoms with Gasteiger partial charge < -0.3 is 23.8 Å². The molecule has 2 aromatic heterocycles. The van der Waals surface area contributed by atoms with Gasteiger partial charge in [0.25, 0.3) is 0 Å². The highest BCUT2D eigenvalue weighted by Gasteiger charge is 2.37. The van der Waals surface area contributed by atoms with Crippen molar-refractivity contribution in [3.05, 3.63) is 47.4 Å². The minimum absolute atomic E-state index is 0.0207. The Bertz CT molecular complexity index is 1260. The van der Waals surface area contributed by atoms with Gasteiger partial charge in [-0.15, -0.1) is 0 Å². The maximum absolute atomic E-state index is 13.6. The lowest BCUT2D eigenvalue weighted by atomic mass is 9.94. The smallest absolute Gasteiger partial charge is 0.230 e. The first-order chi connectivity index (χ1) is 17.7. The molecule has 4 heterocycles. The normalized spacial score (nSPS) is 18.4. The fraction of sp³-hybridized carbons (Fsp3) is 0.519. The standard InChI is InChI=1S/C27H36ClN5O3Si/c1-5-22(19-6-8-20(28)9-7-19)27(34)31-10-11-33-21(14-31)16-36-23-15-32(18-35-12-13-37(2,3)4)25-24(23)26(33)30-17-29-25/h6-9,15,17,21-22H,5,10-14,16,18H2,1-4H3/t21-,22-/m0/s1. The number of benzene rings is 1. The number of ether oxygens (including phenoxy) is 2. The summed E-state index contributed by atoms with van der Waals surface area (Å²) in [5.74, 6) is 1.63. The number of rotatable bonds is 8. The van der Waals surface area contributed by atoms with E-state index in [1.165, 1.54) is 0 Å². The lowest BCUT2D eigenvalue weighted by molar-refractivity contribution is -0.133. The van der Waals surface area contributed by atoms with E-state index in [0.29, 0.717) is 38.0 Å². The van der Waals surface area contributed by atoms with Crippen LogP contribution in [0.1, 0.15) is 24.8 Å². The van der Waals surface area contributed by atoms with Gasteiger partial charge in [0.15, 0.2) is 5.65 Å². The quantitative estimate of drug-likeness (QED) is 0.295. The molecule has 3 aromatic rings. The van der Waals surface area contributed by atoms with Crippen LogP contribution in [0.25, 0.3) is 11.0 Å². The highest BCUT2D eigenvalue weighted by atomic mass is 35.5. The van der Waals surface area contributed by atoms with E-state index in [4.69, 9.17) is 21.1 Å². The Hall–Kier alpha value is -2.62. The third-order valence-electron chi connectivity index (χ3n) is 7.30. The van der Waals surface area contributed by atoms with Crippen molar-refractivity contribution in [2.45, 2.75) is 57.7 Å². The predicted octanol–water partition coefficient (Wildman–Crippen LogP) is 5.00. The van der Waals surface area contributed by atoms with Crippen LogP contribution < -0.4 is 9.64 Å². The zero-order valence-electron chi connectivity index (χ0n) is 22.1. The first-order valence-electron chi connectivity index (χ1n) is 13.1. The highest BCUT2D eigenvalue weighted by Crippen LogP contribution is 2.38. The molecule has 37 heavy (non-hydrogen) atoms. The van der Waals surface area contributed by atoms with Gasteiger partial charge in [0.1, 0.15) is 36.6 Å². The van der Waals surface area contributed by atoms with Gasteiger partial charge in [-0.3, -0.25) is 4.79 Å². The highest BCUT2D eigenvalue weighted by molar-refractivity contribution is 6.76. The second kappa shape index (κ2) is 10.6. The number of carbonyl (C=O) groups excluding carboxylic acids is 1. The summed E-state index contributed by atoms with van der Waals surface area (Å²) in [5.41, 5.74) is 1.83. The summed E-state index contributed by atoms with van der Waals surface area (Å²) in [6, 6.07) is 8.76. The number of hydrogen-bond acceptors (Lipinski definition) is 6. The number of fused-ring (bicyclic) bond motifs is 2. The van der Waals surface area contributed by atoms with E-state index in [1.54, 1.807) is 6.33 Å². The van der Waals surface area contributed by atoms with Crippen molar-refractivity contribution in [2.75, 3.05) is 37.7 Å². The van der Waals surface area contributed by atoms with E-state index in [1.807, 2.05) is 39.9 Å². The number of nitrogens with zero attached hydrogens (tertiary/aromatic N) is 5. The molecule has 0 saturated carbocycles. The molecule has 1 amide bonds. The van der Waals surface area contributed by atoms with Crippen LogP contribution in [0.5, 0.6) is 5.75 Å². The molecular formula is C27H36ClN5O3Si. The van der Waals surface area contributed by atoms with E-state index in [-0.39, 0.29) is 17.9 Å². The molecule has 0 unspecified atom stereocenters. The molecule has 198 valence electrons. The van der Waals surface area contributed by atoms with E-state index in [2.05, 4.69) is 41.4 Å². The van der Waals surface area contributed by atoms with Gasteiger partial charge in [-0.25, -0.2) is 9.97 Å². The molecule has 10 heteroatoms. The van der Waals surface area contributed by atoms with Crippen molar-refractivity contribution in [1.29, 1.82) is 0 Å². The first-order valence-corrected chi connectivity index (χ1v) is 17.2. The minimum atomic E-state index is -1.15. The van der Waals surface area contributed by atoms with Crippen molar-refractivity contribution in [2.24, 2.45) is 0 Å².